The van der Waals surface area contributed by atoms with Gasteiger partial charge in [-0.1, -0.05) is 0 Å². The van der Waals surface area contributed by atoms with Crippen LogP contribution >= 0.6 is 0 Å². The first kappa shape index (κ1) is 16.8. The monoisotopic (exact) mass is 348 g/mol. The first-order valence-electron chi connectivity index (χ1n) is 9.57. The first-order valence-corrected chi connectivity index (χ1v) is 9.57. The lowest BCUT2D eigenvalue weighted by atomic mass is 9.98. The third kappa shape index (κ3) is 3.14. The van der Waals surface area contributed by atoms with Crippen LogP contribution in [0.1, 0.15) is 46.0 Å². The molecule has 1 atom stereocenters. The van der Waals surface area contributed by atoms with Crippen molar-refractivity contribution in [2.24, 2.45) is 11.8 Å². The molecule has 2 saturated heterocycles. The lowest BCUT2D eigenvalue weighted by Crippen LogP contribution is -2.51. The van der Waals surface area contributed by atoms with Crippen LogP contribution in [-0.2, 0) is 9.59 Å². The summed E-state index contributed by atoms with van der Waals surface area (Å²) in [6.07, 6.45) is 5.52. The van der Waals surface area contributed by atoms with Crippen LogP contribution in [0.15, 0.2) is 0 Å². The van der Waals surface area contributed by atoms with Gasteiger partial charge in [0, 0.05) is 25.2 Å². The third-order valence-electron chi connectivity index (χ3n) is 6.01. The highest BCUT2D eigenvalue weighted by molar-refractivity contribution is 6.07. The summed E-state index contributed by atoms with van der Waals surface area (Å²) in [6, 6.07) is -0.107. The predicted octanol–water partition coefficient (Wildman–Crippen LogP) is 0.696. The van der Waals surface area contributed by atoms with Crippen molar-refractivity contribution in [3.63, 3.8) is 0 Å². The van der Waals surface area contributed by atoms with E-state index in [1.165, 1.54) is 30.6 Å². The van der Waals surface area contributed by atoms with Gasteiger partial charge in [-0.05, 0) is 57.8 Å². The topological polar surface area (TPSA) is 81.8 Å². The molecule has 7 heteroatoms. The Kier molecular flexibility index (Phi) is 4.02. The Morgan fingerprint density at radius 2 is 1.88 bits per heavy atom. The minimum atomic E-state index is -0.839. The van der Waals surface area contributed by atoms with Gasteiger partial charge in [0.2, 0.25) is 5.91 Å². The van der Waals surface area contributed by atoms with Crippen molar-refractivity contribution >= 4 is 17.8 Å². The Bertz CT molecular complexity index is 587. The summed E-state index contributed by atoms with van der Waals surface area (Å²) in [5, 5.41) is 6.11. The summed E-state index contributed by atoms with van der Waals surface area (Å²) in [4.78, 5) is 40.6. The van der Waals surface area contributed by atoms with Crippen molar-refractivity contribution in [1.82, 2.24) is 20.4 Å². The van der Waals surface area contributed by atoms with Gasteiger partial charge in [-0.3, -0.25) is 19.4 Å². The maximum absolute atomic E-state index is 12.7. The van der Waals surface area contributed by atoms with Gasteiger partial charge in [-0.25, -0.2) is 4.79 Å². The summed E-state index contributed by atoms with van der Waals surface area (Å²) in [6.45, 7) is 5.07. The zero-order chi connectivity index (χ0) is 17.8. The number of rotatable bonds is 6. The molecule has 2 aliphatic heterocycles. The molecule has 4 fully saturated rings. The second-order valence-corrected chi connectivity index (χ2v) is 8.51. The SMILES string of the molecule is CC(C)N1C(=O)N[C@]2(CCN(CC(=O)NC(C3CC3)C3CC3)C2)C1=O. The van der Waals surface area contributed by atoms with Crippen LogP contribution in [0.4, 0.5) is 4.79 Å². The number of nitrogens with zero attached hydrogens (tertiary/aromatic N) is 2. The molecule has 0 bridgehead atoms. The normalized spacial score (nSPS) is 30.0. The number of carbonyl (C=O) groups excluding carboxylic acids is 3. The highest BCUT2D eigenvalue weighted by atomic mass is 16.2. The smallest absolute Gasteiger partial charge is 0.325 e. The molecule has 4 rings (SSSR count). The number of amides is 4. The van der Waals surface area contributed by atoms with Crippen molar-refractivity contribution in [3.05, 3.63) is 0 Å². The van der Waals surface area contributed by atoms with Crippen LogP contribution in [0.2, 0.25) is 0 Å². The maximum atomic E-state index is 12.7. The fourth-order valence-electron chi connectivity index (χ4n) is 4.38. The number of urea groups is 1. The zero-order valence-corrected chi connectivity index (χ0v) is 15.1. The summed E-state index contributed by atoms with van der Waals surface area (Å²) < 4.78 is 0. The lowest BCUT2D eigenvalue weighted by molar-refractivity contribution is -0.132. The van der Waals surface area contributed by atoms with Crippen LogP contribution in [0.25, 0.3) is 0 Å². The lowest BCUT2D eigenvalue weighted by Gasteiger charge is -2.24. The van der Waals surface area contributed by atoms with Crippen molar-refractivity contribution in [3.8, 4) is 0 Å². The molecule has 7 nitrogen and oxygen atoms in total. The number of hydrogen-bond donors (Lipinski definition) is 2. The van der Waals surface area contributed by atoms with E-state index in [4.69, 9.17) is 0 Å². The van der Waals surface area contributed by atoms with E-state index in [2.05, 4.69) is 10.6 Å². The molecule has 2 heterocycles. The number of nitrogens with one attached hydrogen (secondary N) is 2. The van der Waals surface area contributed by atoms with Crippen LogP contribution in [0.5, 0.6) is 0 Å². The molecule has 0 aromatic rings. The van der Waals surface area contributed by atoms with E-state index in [0.29, 0.717) is 43.9 Å². The van der Waals surface area contributed by atoms with Crippen LogP contribution < -0.4 is 10.6 Å². The van der Waals surface area contributed by atoms with Gasteiger partial charge in [-0.15, -0.1) is 0 Å². The molecule has 25 heavy (non-hydrogen) atoms. The molecule has 4 amide bonds. The second-order valence-electron chi connectivity index (χ2n) is 8.51. The highest BCUT2D eigenvalue weighted by Gasteiger charge is 2.55. The molecule has 0 aromatic carbocycles. The fraction of sp³-hybridized carbons (Fsp3) is 0.833. The highest BCUT2D eigenvalue weighted by Crippen LogP contribution is 2.44. The Morgan fingerprint density at radius 1 is 1.24 bits per heavy atom. The predicted molar refractivity (Wildman–Crippen MR) is 91.7 cm³/mol. The van der Waals surface area contributed by atoms with E-state index in [-0.39, 0.29) is 23.9 Å². The third-order valence-corrected chi connectivity index (χ3v) is 6.01. The van der Waals surface area contributed by atoms with Crippen LogP contribution in [0.3, 0.4) is 0 Å². The van der Waals surface area contributed by atoms with Gasteiger partial charge in [0.05, 0.1) is 6.54 Å². The van der Waals surface area contributed by atoms with E-state index in [9.17, 15) is 14.4 Å². The molecule has 0 unspecified atom stereocenters. The van der Waals surface area contributed by atoms with E-state index in [1.807, 2.05) is 18.7 Å². The quantitative estimate of drug-likeness (QED) is 0.692. The molecule has 2 aliphatic carbocycles. The molecule has 0 radical (unpaired) electrons. The summed E-state index contributed by atoms with van der Waals surface area (Å²) in [5.41, 5.74) is -0.839. The molecular weight excluding hydrogens is 320 g/mol. The largest absolute Gasteiger partial charge is 0.352 e. The average molecular weight is 348 g/mol. The van der Waals surface area contributed by atoms with Crippen molar-refractivity contribution in [2.75, 3.05) is 19.6 Å². The average Bonchev–Trinajstić information content (AvgIpc) is 3.44. The van der Waals surface area contributed by atoms with E-state index < -0.39 is 5.54 Å². The fourth-order valence-corrected chi connectivity index (χ4v) is 4.38. The molecule has 2 saturated carbocycles. The minimum Gasteiger partial charge on any atom is -0.352 e. The van der Waals surface area contributed by atoms with E-state index in [1.54, 1.807) is 0 Å². The first-order chi connectivity index (χ1) is 11.9. The van der Waals surface area contributed by atoms with Crippen LogP contribution in [0, 0.1) is 11.8 Å². The molecular formula is C18H28N4O3. The Balaban J connectivity index is 1.34. The van der Waals surface area contributed by atoms with Gasteiger partial charge in [0.25, 0.3) is 5.91 Å². The molecule has 138 valence electrons. The van der Waals surface area contributed by atoms with Gasteiger partial charge < -0.3 is 10.6 Å². The maximum Gasteiger partial charge on any atom is 0.325 e. The number of hydrogen-bond acceptors (Lipinski definition) is 4. The number of imide groups is 1. The van der Waals surface area contributed by atoms with Crippen LogP contribution in [-0.4, -0.2) is 64.9 Å². The Morgan fingerprint density at radius 3 is 2.40 bits per heavy atom. The molecule has 1 spiro atoms. The van der Waals surface area contributed by atoms with Gasteiger partial charge >= 0.3 is 6.03 Å². The summed E-state index contributed by atoms with van der Waals surface area (Å²) in [5.74, 6) is 1.26. The molecule has 4 aliphatic rings. The number of likely N-dealkylation sites (tertiary alicyclic amines) is 1. The van der Waals surface area contributed by atoms with Crippen molar-refractivity contribution in [2.45, 2.75) is 63.6 Å². The molecule has 0 aromatic heterocycles. The van der Waals surface area contributed by atoms with Crippen molar-refractivity contribution < 1.29 is 14.4 Å². The van der Waals surface area contributed by atoms with E-state index >= 15 is 0 Å². The van der Waals surface area contributed by atoms with Gasteiger partial charge in [-0.2, -0.15) is 0 Å². The van der Waals surface area contributed by atoms with E-state index in [0.717, 1.165) is 0 Å². The minimum absolute atomic E-state index is 0.0540. The number of carbonyl (C=O) groups is 3. The standard InChI is InChI=1S/C18H28N4O3/c1-11(2)22-16(24)18(20-17(22)25)7-8-21(10-18)9-14(23)19-15(12-3-4-12)13-5-6-13/h11-13,15H,3-10H2,1-2H3,(H,19,23)(H,20,25)/t18-/m0/s1. The summed E-state index contributed by atoms with van der Waals surface area (Å²) >= 11 is 0. The van der Waals surface area contributed by atoms with Gasteiger partial charge in [0.15, 0.2) is 0 Å². The summed E-state index contributed by atoms with van der Waals surface area (Å²) in [7, 11) is 0. The van der Waals surface area contributed by atoms with Crippen molar-refractivity contribution in [1.29, 1.82) is 0 Å². The Labute approximate surface area is 148 Å². The molecule has 2 N–H and O–H groups in total. The zero-order valence-electron chi connectivity index (χ0n) is 15.1. The Hall–Kier alpha value is -1.63. The second kappa shape index (κ2) is 5.97. The van der Waals surface area contributed by atoms with Gasteiger partial charge in [0.1, 0.15) is 5.54 Å².